The van der Waals surface area contributed by atoms with Crippen molar-refractivity contribution in [1.29, 1.82) is 0 Å². The Kier molecular flexibility index (Phi) is 3.09. The Morgan fingerprint density at radius 3 is 2.36 bits per heavy atom. The van der Waals surface area contributed by atoms with Crippen molar-refractivity contribution in [1.82, 2.24) is 0 Å². The molecular weight excluding hydrogens is 208 g/mol. The number of esters is 1. The van der Waals surface area contributed by atoms with Gasteiger partial charge in [-0.05, 0) is 29.8 Å². The highest BCUT2D eigenvalue weighted by atomic mass is 35.5. The summed E-state index contributed by atoms with van der Waals surface area (Å²) >= 11 is 5.19. The number of hydrogen-bond acceptors (Lipinski definition) is 4. The maximum atomic E-state index is 11.1. The van der Waals surface area contributed by atoms with Crippen molar-refractivity contribution >= 4 is 22.8 Å². The minimum atomic E-state index is -0.744. The van der Waals surface area contributed by atoms with Gasteiger partial charge in [0.15, 0.2) is 0 Å². The van der Waals surface area contributed by atoms with Gasteiger partial charge >= 0.3 is 5.97 Å². The van der Waals surface area contributed by atoms with Crippen molar-refractivity contribution in [2.24, 2.45) is 0 Å². The fourth-order valence-electron chi connectivity index (χ4n) is 0.960. The van der Waals surface area contributed by atoms with Crippen LogP contribution in [0.5, 0.6) is 5.75 Å². The topological polar surface area (TPSA) is 63.6 Å². The number of aromatic hydroxyl groups is 1. The Morgan fingerprint density at radius 1 is 1.29 bits per heavy atom. The molecule has 0 fully saturated rings. The molecule has 1 N–H and O–H groups in total. The molecule has 0 saturated carbocycles. The Labute approximate surface area is 85.1 Å². The molecule has 0 heterocycles. The molecule has 0 amide bonds. The van der Waals surface area contributed by atoms with Crippen LogP contribution in [-0.2, 0) is 4.74 Å². The van der Waals surface area contributed by atoms with Gasteiger partial charge in [-0.1, -0.05) is 0 Å². The Morgan fingerprint density at radius 2 is 1.86 bits per heavy atom. The largest absolute Gasteiger partial charge is 0.508 e. The first kappa shape index (κ1) is 10.5. The van der Waals surface area contributed by atoms with Gasteiger partial charge in [-0.3, -0.25) is 4.79 Å². The van der Waals surface area contributed by atoms with Gasteiger partial charge < -0.3 is 9.84 Å². The van der Waals surface area contributed by atoms with Crippen LogP contribution in [-0.4, -0.2) is 23.4 Å². The monoisotopic (exact) mass is 214 g/mol. The van der Waals surface area contributed by atoms with Crippen molar-refractivity contribution in [2.45, 2.75) is 0 Å². The predicted octanol–water partition coefficient (Wildman–Crippen LogP) is 1.56. The van der Waals surface area contributed by atoms with E-state index in [9.17, 15) is 9.59 Å². The number of phenolic OH excluding ortho intramolecular Hbond substituents is 1. The quantitative estimate of drug-likeness (QED) is 0.599. The maximum absolute atomic E-state index is 11.1. The number of rotatable bonds is 2. The Balaban J connectivity index is 3.20. The molecule has 0 radical (unpaired) electrons. The van der Waals surface area contributed by atoms with Gasteiger partial charge in [-0.15, -0.1) is 0 Å². The van der Waals surface area contributed by atoms with Crippen LogP contribution in [0.3, 0.4) is 0 Å². The van der Waals surface area contributed by atoms with E-state index in [2.05, 4.69) is 4.74 Å². The lowest BCUT2D eigenvalue weighted by atomic mass is 10.1. The number of halogens is 1. The van der Waals surface area contributed by atoms with E-state index in [0.29, 0.717) is 0 Å². The van der Waals surface area contributed by atoms with Gasteiger partial charge in [0, 0.05) is 5.56 Å². The first-order valence-corrected chi connectivity index (χ1v) is 4.04. The molecule has 0 unspecified atom stereocenters. The van der Waals surface area contributed by atoms with Gasteiger partial charge in [0.25, 0.3) is 5.24 Å². The summed E-state index contributed by atoms with van der Waals surface area (Å²) in [5.41, 5.74) is 0.128. The fraction of sp³-hybridized carbons (Fsp3) is 0.111. The van der Waals surface area contributed by atoms with E-state index < -0.39 is 11.2 Å². The van der Waals surface area contributed by atoms with Gasteiger partial charge in [-0.2, -0.15) is 0 Å². The number of benzene rings is 1. The Bertz CT molecular complexity index is 386. The fourth-order valence-corrected chi connectivity index (χ4v) is 1.07. The Hall–Kier alpha value is -1.55. The van der Waals surface area contributed by atoms with Gasteiger partial charge in [0.1, 0.15) is 5.75 Å². The molecular formula is C9H7ClO4. The van der Waals surface area contributed by atoms with E-state index in [0.717, 1.165) is 0 Å². The minimum Gasteiger partial charge on any atom is -0.508 e. The third-order valence-corrected chi connectivity index (χ3v) is 1.78. The van der Waals surface area contributed by atoms with E-state index in [1.165, 1.54) is 25.3 Å². The number of carbonyl (C=O) groups is 2. The number of ether oxygens (including phenoxy) is 1. The molecule has 1 aromatic carbocycles. The summed E-state index contributed by atoms with van der Waals surface area (Å²) in [6, 6.07) is 3.61. The van der Waals surface area contributed by atoms with E-state index >= 15 is 0 Å². The molecule has 0 atom stereocenters. The van der Waals surface area contributed by atoms with Gasteiger partial charge in [0.05, 0.1) is 12.7 Å². The van der Waals surface area contributed by atoms with Crippen molar-refractivity contribution < 1.29 is 19.4 Å². The molecule has 0 saturated heterocycles. The second-order valence-corrected chi connectivity index (χ2v) is 2.88. The lowest BCUT2D eigenvalue weighted by Crippen LogP contribution is -2.02. The molecule has 14 heavy (non-hydrogen) atoms. The molecule has 0 spiro atoms. The highest BCUT2D eigenvalue weighted by molar-refractivity contribution is 6.67. The standard InChI is InChI=1S/C9H7ClO4/c1-14-9(13)6-2-5(8(10)12)3-7(11)4-6/h2-4,11H,1H3. The third kappa shape index (κ3) is 2.23. The number of hydrogen-bond donors (Lipinski definition) is 1. The molecule has 1 rings (SSSR count). The highest BCUT2D eigenvalue weighted by Crippen LogP contribution is 2.17. The highest BCUT2D eigenvalue weighted by Gasteiger charge is 2.11. The molecule has 4 nitrogen and oxygen atoms in total. The molecule has 1 aromatic rings. The number of methoxy groups -OCH3 is 1. The number of phenols is 1. The molecule has 0 aliphatic rings. The maximum Gasteiger partial charge on any atom is 0.338 e. The summed E-state index contributed by atoms with van der Waals surface area (Å²) in [5, 5.41) is 8.42. The van der Waals surface area contributed by atoms with Gasteiger partial charge in [-0.25, -0.2) is 4.79 Å². The second-order valence-electron chi connectivity index (χ2n) is 2.53. The van der Waals surface area contributed by atoms with Crippen LogP contribution in [0.2, 0.25) is 0 Å². The lowest BCUT2D eigenvalue weighted by molar-refractivity contribution is 0.0600. The first-order chi connectivity index (χ1) is 6.54. The smallest absolute Gasteiger partial charge is 0.338 e. The second kappa shape index (κ2) is 4.11. The molecule has 0 aromatic heterocycles. The van der Waals surface area contributed by atoms with E-state index in [-0.39, 0.29) is 16.9 Å². The van der Waals surface area contributed by atoms with Crippen LogP contribution < -0.4 is 0 Å². The average molecular weight is 215 g/mol. The van der Waals surface area contributed by atoms with E-state index in [1.807, 2.05) is 0 Å². The molecule has 0 aliphatic heterocycles. The van der Waals surface area contributed by atoms with Crippen molar-refractivity contribution in [3.05, 3.63) is 29.3 Å². The summed E-state index contributed by atoms with van der Waals surface area (Å²) in [6.07, 6.45) is 0. The molecule has 0 aliphatic carbocycles. The predicted molar refractivity (Wildman–Crippen MR) is 49.6 cm³/mol. The van der Waals surface area contributed by atoms with Crippen LogP contribution in [0.1, 0.15) is 20.7 Å². The summed E-state index contributed by atoms with van der Waals surface area (Å²) in [6.45, 7) is 0. The first-order valence-electron chi connectivity index (χ1n) is 3.67. The van der Waals surface area contributed by atoms with Crippen LogP contribution >= 0.6 is 11.6 Å². The normalized spacial score (nSPS) is 9.57. The van der Waals surface area contributed by atoms with Crippen LogP contribution in [0.4, 0.5) is 0 Å². The summed E-state index contributed by atoms with van der Waals surface area (Å²) in [5.74, 6) is -0.850. The van der Waals surface area contributed by atoms with Gasteiger partial charge in [0.2, 0.25) is 0 Å². The molecule has 74 valence electrons. The van der Waals surface area contributed by atoms with Crippen LogP contribution in [0.15, 0.2) is 18.2 Å². The van der Waals surface area contributed by atoms with Crippen molar-refractivity contribution in [3.8, 4) is 5.75 Å². The van der Waals surface area contributed by atoms with E-state index in [1.54, 1.807) is 0 Å². The van der Waals surface area contributed by atoms with Crippen LogP contribution in [0, 0.1) is 0 Å². The summed E-state index contributed by atoms with van der Waals surface area (Å²) in [7, 11) is 1.20. The van der Waals surface area contributed by atoms with Crippen molar-refractivity contribution in [2.75, 3.05) is 7.11 Å². The van der Waals surface area contributed by atoms with Crippen LogP contribution in [0.25, 0.3) is 0 Å². The van der Waals surface area contributed by atoms with E-state index in [4.69, 9.17) is 16.7 Å². The third-order valence-electron chi connectivity index (χ3n) is 1.57. The SMILES string of the molecule is COC(=O)c1cc(O)cc(C(=O)Cl)c1. The average Bonchev–Trinajstić information content (AvgIpc) is 2.15. The summed E-state index contributed by atoms with van der Waals surface area (Å²) in [4.78, 5) is 21.8. The lowest BCUT2D eigenvalue weighted by Gasteiger charge is -2.01. The number of carbonyl (C=O) groups excluding carboxylic acids is 2. The molecule has 5 heteroatoms. The zero-order chi connectivity index (χ0) is 10.7. The zero-order valence-electron chi connectivity index (χ0n) is 7.28. The zero-order valence-corrected chi connectivity index (χ0v) is 8.04. The summed E-state index contributed by atoms with van der Waals surface area (Å²) < 4.78 is 4.42. The minimum absolute atomic E-state index is 0.0482. The molecule has 0 bridgehead atoms. The van der Waals surface area contributed by atoms with Crippen molar-refractivity contribution in [3.63, 3.8) is 0 Å².